The summed E-state index contributed by atoms with van der Waals surface area (Å²) in [7, 11) is -0.0558. The van der Waals surface area contributed by atoms with Crippen LogP contribution < -0.4 is 9.04 Å². The standard InChI is InChI=1S/C20H23F3N2O3S2/c1-24(2)10-3-12-28-16-6-9-19-18(14-16)25(11-13-29-19)30(26,27)17-7-4-15(5-8-17)20(21,22)23/h4-9,14H,3,10-13H2,1-2H3. The van der Waals surface area contributed by atoms with E-state index in [1.807, 2.05) is 25.1 Å². The first kappa shape index (κ1) is 22.8. The van der Waals surface area contributed by atoms with Gasteiger partial charge in [-0.15, -0.1) is 11.8 Å². The average molecular weight is 461 g/mol. The summed E-state index contributed by atoms with van der Waals surface area (Å²) in [5.41, 5.74) is -0.402. The lowest BCUT2D eigenvalue weighted by molar-refractivity contribution is -0.137. The summed E-state index contributed by atoms with van der Waals surface area (Å²) in [6.45, 7) is 1.59. The van der Waals surface area contributed by atoms with Crippen molar-refractivity contribution in [1.82, 2.24) is 4.90 Å². The van der Waals surface area contributed by atoms with Crippen LogP contribution >= 0.6 is 11.8 Å². The van der Waals surface area contributed by atoms with E-state index in [0.29, 0.717) is 23.8 Å². The quantitative estimate of drug-likeness (QED) is 0.576. The van der Waals surface area contributed by atoms with Crippen molar-refractivity contribution in [3.05, 3.63) is 48.0 Å². The first-order valence-corrected chi connectivity index (χ1v) is 11.8. The van der Waals surface area contributed by atoms with Crippen molar-refractivity contribution < 1.29 is 26.3 Å². The molecule has 0 spiro atoms. The molecule has 0 radical (unpaired) electrons. The average Bonchev–Trinajstić information content (AvgIpc) is 2.70. The molecule has 2 aromatic carbocycles. The van der Waals surface area contributed by atoms with Gasteiger partial charge in [0.15, 0.2) is 0 Å². The monoisotopic (exact) mass is 460 g/mol. The minimum absolute atomic E-state index is 0.175. The number of nitrogens with zero attached hydrogens (tertiary/aromatic N) is 2. The highest BCUT2D eigenvalue weighted by atomic mass is 32.2. The molecule has 0 saturated heterocycles. The second-order valence-corrected chi connectivity index (χ2v) is 10.1. The van der Waals surface area contributed by atoms with Gasteiger partial charge in [0.2, 0.25) is 0 Å². The third-order valence-corrected chi connectivity index (χ3v) is 7.41. The highest BCUT2D eigenvalue weighted by Crippen LogP contribution is 2.40. The van der Waals surface area contributed by atoms with Crippen molar-refractivity contribution in [2.45, 2.75) is 22.4 Å². The zero-order valence-corrected chi connectivity index (χ0v) is 18.3. The zero-order chi connectivity index (χ0) is 21.9. The lowest BCUT2D eigenvalue weighted by Gasteiger charge is -2.30. The van der Waals surface area contributed by atoms with Gasteiger partial charge in [-0.25, -0.2) is 8.42 Å². The lowest BCUT2D eigenvalue weighted by atomic mass is 10.2. The molecule has 0 unspecified atom stereocenters. The second kappa shape index (κ2) is 9.07. The number of benzene rings is 2. The van der Waals surface area contributed by atoms with E-state index in [2.05, 4.69) is 0 Å². The molecule has 30 heavy (non-hydrogen) atoms. The summed E-state index contributed by atoms with van der Waals surface area (Å²) in [6.07, 6.45) is -3.69. The van der Waals surface area contributed by atoms with Gasteiger partial charge in [0.05, 0.1) is 22.8 Å². The smallest absolute Gasteiger partial charge is 0.416 e. The van der Waals surface area contributed by atoms with Crippen LogP contribution in [0.2, 0.25) is 0 Å². The van der Waals surface area contributed by atoms with Crippen molar-refractivity contribution >= 4 is 27.5 Å². The summed E-state index contributed by atoms with van der Waals surface area (Å²) in [4.78, 5) is 2.66. The molecule has 0 amide bonds. The molecule has 1 heterocycles. The van der Waals surface area contributed by atoms with E-state index >= 15 is 0 Å². The first-order chi connectivity index (χ1) is 14.1. The van der Waals surface area contributed by atoms with Gasteiger partial charge in [-0.1, -0.05) is 0 Å². The van der Waals surface area contributed by atoms with E-state index in [1.165, 1.54) is 16.1 Å². The minimum Gasteiger partial charge on any atom is -0.493 e. The predicted octanol–water partition coefficient (Wildman–Crippen LogP) is 4.34. The molecule has 3 rings (SSSR count). The van der Waals surface area contributed by atoms with Gasteiger partial charge in [0.1, 0.15) is 5.75 Å². The predicted molar refractivity (Wildman–Crippen MR) is 112 cm³/mol. The van der Waals surface area contributed by atoms with Crippen molar-refractivity contribution in [2.24, 2.45) is 0 Å². The molecule has 0 aromatic heterocycles. The highest BCUT2D eigenvalue weighted by molar-refractivity contribution is 8.00. The molecule has 2 aromatic rings. The van der Waals surface area contributed by atoms with E-state index in [1.54, 1.807) is 12.1 Å². The van der Waals surface area contributed by atoms with Crippen LogP contribution in [-0.2, 0) is 16.2 Å². The van der Waals surface area contributed by atoms with E-state index in [9.17, 15) is 21.6 Å². The molecule has 1 aliphatic rings. The molecule has 0 fully saturated rings. The number of thioether (sulfide) groups is 1. The summed E-state index contributed by atoms with van der Waals surface area (Å²) >= 11 is 1.53. The van der Waals surface area contributed by atoms with Gasteiger partial charge >= 0.3 is 6.18 Å². The molecule has 1 aliphatic heterocycles. The lowest BCUT2D eigenvalue weighted by Crippen LogP contribution is -2.35. The summed E-state index contributed by atoms with van der Waals surface area (Å²) in [6, 6.07) is 8.88. The van der Waals surface area contributed by atoms with Crippen LogP contribution in [-0.4, -0.2) is 52.9 Å². The van der Waals surface area contributed by atoms with Crippen molar-refractivity contribution in [1.29, 1.82) is 0 Å². The number of anilines is 1. The van der Waals surface area contributed by atoms with E-state index < -0.39 is 21.8 Å². The molecule has 0 bridgehead atoms. The Morgan fingerprint density at radius 2 is 1.83 bits per heavy atom. The maximum Gasteiger partial charge on any atom is 0.416 e. The molecular weight excluding hydrogens is 437 g/mol. The molecule has 5 nitrogen and oxygen atoms in total. The van der Waals surface area contributed by atoms with Gasteiger partial charge in [0, 0.05) is 29.8 Å². The Kier molecular flexibility index (Phi) is 6.88. The van der Waals surface area contributed by atoms with Crippen LogP contribution in [0.15, 0.2) is 52.3 Å². The van der Waals surface area contributed by atoms with Gasteiger partial charge in [0.25, 0.3) is 10.0 Å². The topological polar surface area (TPSA) is 49.9 Å². The summed E-state index contributed by atoms with van der Waals surface area (Å²) in [5, 5.41) is 0. The number of sulfonamides is 1. The fourth-order valence-electron chi connectivity index (χ4n) is 3.03. The highest BCUT2D eigenvalue weighted by Gasteiger charge is 2.33. The van der Waals surface area contributed by atoms with E-state index in [-0.39, 0.29) is 11.4 Å². The normalized spacial score (nSPS) is 14.7. The Morgan fingerprint density at radius 1 is 1.13 bits per heavy atom. The van der Waals surface area contributed by atoms with Gasteiger partial charge in [-0.2, -0.15) is 13.2 Å². The maximum absolute atomic E-state index is 13.1. The van der Waals surface area contributed by atoms with Crippen LogP contribution in [0, 0.1) is 0 Å². The van der Waals surface area contributed by atoms with Crippen LogP contribution in [0.4, 0.5) is 18.9 Å². The largest absolute Gasteiger partial charge is 0.493 e. The maximum atomic E-state index is 13.1. The van der Waals surface area contributed by atoms with Crippen molar-refractivity contribution in [2.75, 3.05) is 43.8 Å². The second-order valence-electron chi connectivity index (χ2n) is 7.08. The number of fused-ring (bicyclic) bond motifs is 1. The van der Waals surface area contributed by atoms with Gasteiger partial charge in [-0.05, 0) is 56.9 Å². The van der Waals surface area contributed by atoms with Crippen LogP contribution in [0.5, 0.6) is 5.75 Å². The number of hydrogen-bond acceptors (Lipinski definition) is 5. The van der Waals surface area contributed by atoms with Gasteiger partial charge < -0.3 is 9.64 Å². The van der Waals surface area contributed by atoms with Gasteiger partial charge in [-0.3, -0.25) is 4.31 Å². The van der Waals surface area contributed by atoms with Crippen LogP contribution in [0.25, 0.3) is 0 Å². The Labute approximate surface area is 178 Å². The van der Waals surface area contributed by atoms with E-state index in [4.69, 9.17) is 4.74 Å². The number of halogens is 3. The molecule has 0 aliphatic carbocycles. The Balaban J connectivity index is 1.84. The number of hydrogen-bond donors (Lipinski definition) is 0. The zero-order valence-electron chi connectivity index (χ0n) is 16.6. The first-order valence-electron chi connectivity index (χ1n) is 9.33. The molecule has 0 saturated carbocycles. The molecule has 164 valence electrons. The van der Waals surface area contributed by atoms with Crippen molar-refractivity contribution in [3.63, 3.8) is 0 Å². The Bertz CT molecular complexity index is 978. The third-order valence-electron chi connectivity index (χ3n) is 4.54. The summed E-state index contributed by atoms with van der Waals surface area (Å²) < 4.78 is 71.7. The van der Waals surface area contributed by atoms with E-state index in [0.717, 1.165) is 42.1 Å². The van der Waals surface area contributed by atoms with Crippen molar-refractivity contribution in [3.8, 4) is 5.75 Å². The molecule has 0 atom stereocenters. The minimum atomic E-state index is -4.52. The van der Waals surface area contributed by atoms with Crippen LogP contribution in [0.3, 0.4) is 0 Å². The fourth-order valence-corrected chi connectivity index (χ4v) is 5.65. The molecule has 0 N–H and O–H groups in total. The molecular formula is C20H23F3N2O3S2. The van der Waals surface area contributed by atoms with Crippen LogP contribution in [0.1, 0.15) is 12.0 Å². The Hall–Kier alpha value is -1.91. The number of ether oxygens (including phenoxy) is 1. The number of alkyl halides is 3. The molecule has 10 heteroatoms. The SMILES string of the molecule is CN(C)CCCOc1ccc2c(c1)N(S(=O)(=O)c1ccc(C(F)(F)F)cc1)CCS2. The summed E-state index contributed by atoms with van der Waals surface area (Å²) in [5.74, 6) is 1.11. The third kappa shape index (κ3) is 5.22. The Morgan fingerprint density at radius 3 is 2.47 bits per heavy atom. The fraction of sp³-hybridized carbons (Fsp3) is 0.400. The number of rotatable bonds is 7.